The summed E-state index contributed by atoms with van der Waals surface area (Å²) in [5, 5.41) is 0. The highest BCUT2D eigenvalue weighted by molar-refractivity contribution is 9.10. The maximum atomic E-state index is 13.5. The average molecular weight is 390 g/mol. The molecule has 112 valence electrons. The van der Waals surface area contributed by atoms with E-state index < -0.39 is 25.7 Å². The molecule has 0 aliphatic rings. The molecule has 0 saturated heterocycles. The molecule has 1 aromatic rings. The van der Waals surface area contributed by atoms with Crippen LogP contribution >= 0.6 is 26.6 Å². The summed E-state index contributed by atoms with van der Waals surface area (Å²) in [6, 6.07) is 1.68. The Hall–Kier alpha value is -0.700. The normalized spacial score (nSPS) is 11.4. The number of hydrogen-bond acceptors (Lipinski definition) is 5. The number of methoxy groups -OCH3 is 1. The number of carbonyl (C=O) groups excluding carboxylic acids is 1. The maximum Gasteiger partial charge on any atom is 0.339 e. The average Bonchev–Trinajstić information content (AvgIpc) is 2.32. The summed E-state index contributed by atoms with van der Waals surface area (Å²) in [6.45, 7) is 0.513. The van der Waals surface area contributed by atoms with Crippen LogP contribution < -0.4 is 0 Å². The van der Waals surface area contributed by atoms with Crippen molar-refractivity contribution >= 4 is 41.6 Å². The van der Waals surface area contributed by atoms with Crippen LogP contribution in [0, 0.1) is 5.82 Å². The van der Waals surface area contributed by atoms with Crippen LogP contribution in [0.5, 0.6) is 0 Å². The van der Waals surface area contributed by atoms with Gasteiger partial charge in [0, 0.05) is 35.3 Å². The van der Waals surface area contributed by atoms with E-state index >= 15 is 0 Å². The first-order valence-corrected chi connectivity index (χ1v) is 8.47. The fourth-order valence-corrected chi connectivity index (χ4v) is 2.70. The maximum absolute atomic E-state index is 13.5. The Labute approximate surface area is 128 Å². The van der Waals surface area contributed by atoms with E-state index in [2.05, 4.69) is 15.9 Å². The molecule has 1 aromatic carbocycles. The zero-order valence-corrected chi connectivity index (χ0v) is 13.5. The van der Waals surface area contributed by atoms with Crippen LogP contribution in [0.2, 0.25) is 0 Å². The zero-order chi connectivity index (χ0) is 15.3. The second kappa shape index (κ2) is 7.35. The lowest BCUT2D eigenvalue weighted by Gasteiger charge is -2.08. The molecule has 1 rings (SSSR count). The van der Waals surface area contributed by atoms with Gasteiger partial charge < -0.3 is 9.47 Å². The van der Waals surface area contributed by atoms with Crippen LogP contribution in [0.1, 0.15) is 16.8 Å². The monoisotopic (exact) mass is 388 g/mol. The molecule has 0 fully saturated rings. The molecule has 0 heterocycles. The van der Waals surface area contributed by atoms with Gasteiger partial charge in [-0.15, -0.1) is 0 Å². The molecule has 0 atom stereocenters. The third-order valence-corrected chi connectivity index (χ3v) is 4.22. The predicted molar refractivity (Wildman–Crippen MR) is 73.9 cm³/mol. The van der Waals surface area contributed by atoms with Crippen LogP contribution in [-0.2, 0) is 18.5 Å². The number of benzene rings is 1. The summed E-state index contributed by atoms with van der Waals surface area (Å²) < 4.78 is 45.6. The lowest BCUT2D eigenvalue weighted by atomic mass is 10.2. The molecule has 0 N–H and O–H groups in total. The van der Waals surface area contributed by atoms with E-state index in [-0.39, 0.29) is 16.6 Å². The van der Waals surface area contributed by atoms with Gasteiger partial charge in [-0.2, -0.15) is 0 Å². The summed E-state index contributed by atoms with van der Waals surface area (Å²) in [5.41, 5.74) is -0.122. The molecular formula is C11H11BrClFO5S. The molecular weight excluding hydrogens is 379 g/mol. The van der Waals surface area contributed by atoms with Gasteiger partial charge in [0.05, 0.1) is 12.2 Å². The second-order valence-corrected chi connectivity index (χ2v) is 7.07. The van der Waals surface area contributed by atoms with E-state index in [4.69, 9.17) is 20.2 Å². The first kappa shape index (κ1) is 17.4. The Kier molecular flexibility index (Phi) is 6.38. The number of hydrogen-bond donors (Lipinski definition) is 0. The second-order valence-electron chi connectivity index (χ2n) is 3.68. The van der Waals surface area contributed by atoms with Crippen molar-refractivity contribution in [3.63, 3.8) is 0 Å². The number of esters is 1. The van der Waals surface area contributed by atoms with Gasteiger partial charge in [0.15, 0.2) is 0 Å². The highest BCUT2D eigenvalue weighted by atomic mass is 79.9. The minimum atomic E-state index is -4.29. The minimum Gasteiger partial charge on any atom is -0.462 e. The number of rotatable bonds is 6. The molecule has 0 aromatic heterocycles. The first-order valence-electron chi connectivity index (χ1n) is 5.37. The Morgan fingerprint density at radius 2 is 2.05 bits per heavy atom. The van der Waals surface area contributed by atoms with Crippen LogP contribution in [0.4, 0.5) is 4.39 Å². The van der Waals surface area contributed by atoms with E-state index in [1.807, 2.05) is 0 Å². The lowest BCUT2D eigenvalue weighted by molar-refractivity contribution is 0.0467. The van der Waals surface area contributed by atoms with E-state index in [0.29, 0.717) is 13.0 Å². The lowest BCUT2D eigenvalue weighted by Crippen LogP contribution is -2.10. The molecule has 0 aliphatic carbocycles. The topological polar surface area (TPSA) is 69.7 Å². The molecule has 0 aliphatic heterocycles. The number of carbonyl (C=O) groups is 1. The number of halogens is 3. The molecule has 0 amide bonds. The highest BCUT2D eigenvalue weighted by Gasteiger charge is 2.22. The van der Waals surface area contributed by atoms with Crippen molar-refractivity contribution in [1.82, 2.24) is 0 Å². The summed E-state index contributed by atoms with van der Waals surface area (Å²) in [5.74, 6) is -1.84. The van der Waals surface area contributed by atoms with Crippen molar-refractivity contribution < 1.29 is 27.1 Å². The Morgan fingerprint density at radius 1 is 1.40 bits per heavy atom. The van der Waals surface area contributed by atoms with Gasteiger partial charge in [-0.3, -0.25) is 0 Å². The van der Waals surface area contributed by atoms with Crippen molar-refractivity contribution in [3.05, 3.63) is 28.0 Å². The van der Waals surface area contributed by atoms with Gasteiger partial charge in [-0.25, -0.2) is 17.6 Å². The SMILES string of the molecule is COCCCOC(=O)c1cc(S(=O)(=O)Cl)c(F)cc1Br. The van der Waals surface area contributed by atoms with Gasteiger partial charge in [0.25, 0.3) is 9.05 Å². The van der Waals surface area contributed by atoms with Crippen molar-refractivity contribution in [3.8, 4) is 0 Å². The van der Waals surface area contributed by atoms with Crippen molar-refractivity contribution in [2.75, 3.05) is 20.3 Å². The Bertz CT molecular complexity index is 605. The molecule has 20 heavy (non-hydrogen) atoms. The molecule has 0 bridgehead atoms. The standard InChI is InChI=1S/C11H11BrClFO5S/c1-18-3-2-4-19-11(15)7-5-10(20(13,16)17)9(14)6-8(7)12/h5-6H,2-4H2,1H3. The van der Waals surface area contributed by atoms with E-state index in [1.165, 1.54) is 7.11 Å². The number of ether oxygens (including phenoxy) is 2. The van der Waals surface area contributed by atoms with Crippen LogP contribution in [0.15, 0.2) is 21.5 Å². The smallest absolute Gasteiger partial charge is 0.339 e. The van der Waals surface area contributed by atoms with Gasteiger partial charge in [0.2, 0.25) is 0 Å². The summed E-state index contributed by atoms with van der Waals surface area (Å²) in [6.07, 6.45) is 0.488. The van der Waals surface area contributed by atoms with Crippen LogP contribution in [0.25, 0.3) is 0 Å². The largest absolute Gasteiger partial charge is 0.462 e. The van der Waals surface area contributed by atoms with Gasteiger partial charge >= 0.3 is 5.97 Å². The van der Waals surface area contributed by atoms with E-state index in [1.54, 1.807) is 0 Å². The van der Waals surface area contributed by atoms with Crippen molar-refractivity contribution in [1.29, 1.82) is 0 Å². The minimum absolute atomic E-state index is 0.0795. The first-order chi connectivity index (χ1) is 9.27. The summed E-state index contributed by atoms with van der Waals surface area (Å²) in [4.78, 5) is 11.0. The summed E-state index contributed by atoms with van der Waals surface area (Å²) >= 11 is 2.97. The van der Waals surface area contributed by atoms with Gasteiger partial charge in [-0.05, 0) is 28.1 Å². The third kappa shape index (κ3) is 4.69. The summed E-state index contributed by atoms with van der Waals surface area (Å²) in [7, 11) is 2.31. The van der Waals surface area contributed by atoms with E-state index in [0.717, 1.165) is 12.1 Å². The highest BCUT2D eigenvalue weighted by Crippen LogP contribution is 2.27. The van der Waals surface area contributed by atoms with Gasteiger partial charge in [-0.1, -0.05) is 0 Å². The predicted octanol–water partition coefficient (Wildman–Crippen LogP) is 2.71. The molecule has 0 radical (unpaired) electrons. The van der Waals surface area contributed by atoms with Crippen LogP contribution in [0.3, 0.4) is 0 Å². The van der Waals surface area contributed by atoms with Crippen LogP contribution in [-0.4, -0.2) is 34.7 Å². The quantitative estimate of drug-likeness (QED) is 0.425. The fourth-order valence-electron chi connectivity index (χ4n) is 1.32. The van der Waals surface area contributed by atoms with Crippen molar-refractivity contribution in [2.45, 2.75) is 11.3 Å². The Morgan fingerprint density at radius 3 is 2.60 bits per heavy atom. The molecule has 0 saturated carbocycles. The van der Waals surface area contributed by atoms with E-state index in [9.17, 15) is 17.6 Å². The molecule has 0 spiro atoms. The molecule has 0 unspecified atom stereocenters. The fraction of sp³-hybridized carbons (Fsp3) is 0.364. The zero-order valence-electron chi connectivity index (χ0n) is 10.4. The third-order valence-electron chi connectivity index (χ3n) is 2.23. The molecule has 9 heteroatoms. The molecule has 5 nitrogen and oxygen atoms in total. The van der Waals surface area contributed by atoms with Crippen molar-refractivity contribution in [2.24, 2.45) is 0 Å². The van der Waals surface area contributed by atoms with Gasteiger partial charge in [0.1, 0.15) is 10.7 Å². The Balaban J connectivity index is 2.98.